The molecule has 0 saturated heterocycles. The third-order valence-electron chi connectivity index (χ3n) is 2.10. The molecule has 0 unspecified atom stereocenters. The standard InChI is InChI=1S/C12H15FO4/c1-9-2-3-10(8-11(9)13)17-7-6-16-5-4-12(14)15/h2-3,8H,4-7H2,1H3,(H,14,15). The summed E-state index contributed by atoms with van der Waals surface area (Å²) < 4.78 is 23.4. The molecule has 0 heterocycles. The first kappa shape index (κ1) is 13.4. The monoisotopic (exact) mass is 242 g/mol. The number of hydrogen-bond donors (Lipinski definition) is 1. The second kappa shape index (κ2) is 6.85. The largest absolute Gasteiger partial charge is 0.491 e. The highest BCUT2D eigenvalue weighted by molar-refractivity contribution is 5.66. The van der Waals surface area contributed by atoms with Gasteiger partial charge in [-0.3, -0.25) is 4.79 Å². The van der Waals surface area contributed by atoms with Crippen molar-refractivity contribution in [2.75, 3.05) is 19.8 Å². The number of halogens is 1. The van der Waals surface area contributed by atoms with Crippen molar-refractivity contribution >= 4 is 5.97 Å². The first-order valence-corrected chi connectivity index (χ1v) is 5.28. The van der Waals surface area contributed by atoms with E-state index < -0.39 is 5.97 Å². The topological polar surface area (TPSA) is 55.8 Å². The molecule has 0 saturated carbocycles. The van der Waals surface area contributed by atoms with Crippen LogP contribution < -0.4 is 4.74 Å². The van der Waals surface area contributed by atoms with Gasteiger partial charge in [0.15, 0.2) is 0 Å². The average molecular weight is 242 g/mol. The lowest BCUT2D eigenvalue weighted by Crippen LogP contribution is -2.09. The molecule has 0 bridgehead atoms. The lowest BCUT2D eigenvalue weighted by atomic mass is 10.2. The van der Waals surface area contributed by atoms with E-state index in [1.54, 1.807) is 19.1 Å². The van der Waals surface area contributed by atoms with E-state index in [0.29, 0.717) is 11.3 Å². The summed E-state index contributed by atoms with van der Waals surface area (Å²) in [5.41, 5.74) is 0.565. The van der Waals surface area contributed by atoms with Crippen molar-refractivity contribution in [3.05, 3.63) is 29.6 Å². The zero-order valence-electron chi connectivity index (χ0n) is 9.61. The first-order valence-electron chi connectivity index (χ1n) is 5.28. The quantitative estimate of drug-likeness (QED) is 0.743. The molecule has 0 aliphatic carbocycles. The summed E-state index contributed by atoms with van der Waals surface area (Å²) in [6.45, 7) is 2.37. The molecule has 5 heteroatoms. The number of carboxylic acid groups (broad SMARTS) is 1. The smallest absolute Gasteiger partial charge is 0.305 e. The van der Waals surface area contributed by atoms with E-state index >= 15 is 0 Å². The van der Waals surface area contributed by atoms with E-state index in [4.69, 9.17) is 14.6 Å². The summed E-state index contributed by atoms with van der Waals surface area (Å²) in [5, 5.41) is 8.35. The van der Waals surface area contributed by atoms with Crippen LogP contribution >= 0.6 is 0 Å². The Morgan fingerprint density at radius 1 is 1.35 bits per heavy atom. The third kappa shape index (κ3) is 5.31. The Bertz CT molecular complexity index is 379. The maximum Gasteiger partial charge on any atom is 0.305 e. The summed E-state index contributed by atoms with van der Waals surface area (Å²) in [6.07, 6.45) is -0.0286. The van der Waals surface area contributed by atoms with E-state index in [9.17, 15) is 9.18 Å². The molecule has 1 aromatic carbocycles. The summed E-state index contributed by atoms with van der Waals surface area (Å²) >= 11 is 0. The number of aryl methyl sites for hydroxylation is 1. The normalized spacial score (nSPS) is 10.2. The second-order valence-electron chi connectivity index (χ2n) is 3.52. The Balaban J connectivity index is 2.18. The fraction of sp³-hybridized carbons (Fsp3) is 0.417. The molecular weight excluding hydrogens is 227 g/mol. The molecule has 1 N–H and O–H groups in total. The minimum absolute atomic E-state index is 0.0286. The van der Waals surface area contributed by atoms with Crippen molar-refractivity contribution in [1.82, 2.24) is 0 Å². The maximum absolute atomic E-state index is 13.1. The molecule has 0 atom stereocenters. The molecule has 94 valence electrons. The summed E-state index contributed by atoms with van der Waals surface area (Å²) in [7, 11) is 0. The number of ether oxygens (including phenoxy) is 2. The fourth-order valence-corrected chi connectivity index (χ4v) is 1.14. The van der Waals surface area contributed by atoms with Crippen LogP contribution in [0.4, 0.5) is 4.39 Å². The number of rotatable bonds is 7. The van der Waals surface area contributed by atoms with Crippen LogP contribution in [0.2, 0.25) is 0 Å². The number of aliphatic carboxylic acids is 1. The molecule has 1 aromatic rings. The minimum atomic E-state index is -0.897. The highest BCUT2D eigenvalue weighted by Gasteiger charge is 2.00. The van der Waals surface area contributed by atoms with Gasteiger partial charge in [-0.05, 0) is 18.6 Å². The molecule has 0 fully saturated rings. The van der Waals surface area contributed by atoms with E-state index in [1.807, 2.05) is 0 Å². The van der Waals surface area contributed by atoms with Crippen molar-refractivity contribution in [2.45, 2.75) is 13.3 Å². The van der Waals surface area contributed by atoms with Crippen LogP contribution in [0, 0.1) is 12.7 Å². The molecule has 0 aliphatic rings. The lowest BCUT2D eigenvalue weighted by molar-refractivity contribution is -0.138. The predicted octanol–water partition coefficient (Wildman–Crippen LogP) is 2.00. The molecular formula is C12H15FO4. The Hall–Kier alpha value is -1.62. The molecule has 0 aromatic heterocycles. The molecule has 0 spiro atoms. The molecule has 1 rings (SSSR count). The Kier molecular flexibility index (Phi) is 5.42. The second-order valence-corrected chi connectivity index (χ2v) is 3.52. The number of carboxylic acids is 1. The van der Waals surface area contributed by atoms with Crippen LogP contribution in [0.5, 0.6) is 5.75 Å². The van der Waals surface area contributed by atoms with Crippen LogP contribution in [0.1, 0.15) is 12.0 Å². The predicted molar refractivity (Wildman–Crippen MR) is 59.7 cm³/mol. The van der Waals surface area contributed by atoms with E-state index in [1.165, 1.54) is 6.07 Å². The van der Waals surface area contributed by atoms with Gasteiger partial charge in [0.1, 0.15) is 18.2 Å². The van der Waals surface area contributed by atoms with Gasteiger partial charge in [-0.1, -0.05) is 6.07 Å². The zero-order chi connectivity index (χ0) is 12.7. The van der Waals surface area contributed by atoms with Gasteiger partial charge in [-0.25, -0.2) is 4.39 Å². The van der Waals surface area contributed by atoms with Crippen LogP contribution in [0.15, 0.2) is 18.2 Å². The molecule has 17 heavy (non-hydrogen) atoms. The maximum atomic E-state index is 13.1. The van der Waals surface area contributed by atoms with Crippen molar-refractivity contribution in [3.8, 4) is 5.75 Å². The minimum Gasteiger partial charge on any atom is -0.491 e. The number of carbonyl (C=O) groups is 1. The summed E-state index contributed by atoms with van der Waals surface area (Å²) in [5.74, 6) is -0.768. The van der Waals surface area contributed by atoms with Gasteiger partial charge in [0.25, 0.3) is 0 Å². The van der Waals surface area contributed by atoms with Crippen molar-refractivity contribution in [3.63, 3.8) is 0 Å². The van der Waals surface area contributed by atoms with Crippen LogP contribution in [-0.2, 0) is 9.53 Å². The van der Waals surface area contributed by atoms with Gasteiger partial charge in [0, 0.05) is 6.07 Å². The van der Waals surface area contributed by atoms with Gasteiger partial charge in [0.2, 0.25) is 0 Å². The van der Waals surface area contributed by atoms with Crippen molar-refractivity contribution in [2.24, 2.45) is 0 Å². The molecule has 0 amide bonds. The SMILES string of the molecule is Cc1ccc(OCCOCCC(=O)O)cc1F. The first-order chi connectivity index (χ1) is 8.09. The zero-order valence-corrected chi connectivity index (χ0v) is 9.61. The average Bonchev–Trinajstić information content (AvgIpc) is 2.27. The highest BCUT2D eigenvalue weighted by Crippen LogP contribution is 2.15. The van der Waals surface area contributed by atoms with Gasteiger partial charge in [-0.15, -0.1) is 0 Å². The van der Waals surface area contributed by atoms with Crippen LogP contribution in [-0.4, -0.2) is 30.9 Å². The summed E-state index contributed by atoms with van der Waals surface area (Å²) in [6, 6.07) is 4.62. The van der Waals surface area contributed by atoms with Crippen LogP contribution in [0.3, 0.4) is 0 Å². The Morgan fingerprint density at radius 2 is 2.12 bits per heavy atom. The van der Waals surface area contributed by atoms with Gasteiger partial charge in [-0.2, -0.15) is 0 Å². The third-order valence-corrected chi connectivity index (χ3v) is 2.10. The van der Waals surface area contributed by atoms with E-state index in [2.05, 4.69) is 0 Å². The highest BCUT2D eigenvalue weighted by atomic mass is 19.1. The molecule has 4 nitrogen and oxygen atoms in total. The summed E-state index contributed by atoms with van der Waals surface area (Å²) in [4.78, 5) is 10.2. The lowest BCUT2D eigenvalue weighted by Gasteiger charge is -2.07. The van der Waals surface area contributed by atoms with Gasteiger partial charge >= 0.3 is 5.97 Å². The van der Waals surface area contributed by atoms with Crippen LogP contribution in [0.25, 0.3) is 0 Å². The fourth-order valence-electron chi connectivity index (χ4n) is 1.14. The van der Waals surface area contributed by atoms with E-state index in [-0.39, 0.29) is 32.1 Å². The number of benzene rings is 1. The van der Waals surface area contributed by atoms with E-state index in [0.717, 1.165) is 0 Å². The van der Waals surface area contributed by atoms with Gasteiger partial charge in [0.05, 0.1) is 19.6 Å². The van der Waals surface area contributed by atoms with Crippen molar-refractivity contribution in [1.29, 1.82) is 0 Å². The number of hydrogen-bond acceptors (Lipinski definition) is 3. The Morgan fingerprint density at radius 3 is 2.76 bits per heavy atom. The molecule has 0 radical (unpaired) electrons. The molecule has 0 aliphatic heterocycles. The van der Waals surface area contributed by atoms with Gasteiger partial charge < -0.3 is 14.6 Å². The Labute approximate surface area is 99.0 Å². The van der Waals surface area contributed by atoms with Crippen molar-refractivity contribution < 1.29 is 23.8 Å².